The van der Waals surface area contributed by atoms with E-state index in [2.05, 4.69) is 0 Å². The molecule has 0 aliphatic carbocycles. The SMILES string of the molecule is O=S(=O)(c1ccc(-c2cccc3ccoc23)cc1)N1CCOCC1. The molecule has 1 aromatic heterocycles. The molecule has 0 spiro atoms. The molecule has 2 heterocycles. The number of benzene rings is 2. The topological polar surface area (TPSA) is 59.8 Å². The van der Waals surface area contributed by atoms with Gasteiger partial charge in [0.05, 0.1) is 24.4 Å². The number of ether oxygens (including phenoxy) is 1. The molecule has 2 aromatic carbocycles. The number of sulfonamides is 1. The van der Waals surface area contributed by atoms with Crippen LogP contribution in [0.4, 0.5) is 0 Å². The molecule has 0 atom stereocenters. The van der Waals surface area contributed by atoms with Crippen molar-refractivity contribution in [1.29, 1.82) is 0 Å². The lowest BCUT2D eigenvalue weighted by atomic mass is 10.0. The molecule has 6 heteroatoms. The number of rotatable bonds is 3. The lowest BCUT2D eigenvalue weighted by Gasteiger charge is -2.26. The van der Waals surface area contributed by atoms with E-state index in [1.165, 1.54) is 4.31 Å². The average Bonchev–Trinajstić information content (AvgIpc) is 3.11. The standard InChI is InChI=1S/C18H17NO4S/c20-24(21,19-9-12-22-13-10-19)16-6-4-14(5-7-16)17-3-1-2-15-8-11-23-18(15)17/h1-8,11H,9-10,12-13H2. The largest absolute Gasteiger partial charge is 0.464 e. The summed E-state index contributed by atoms with van der Waals surface area (Å²) >= 11 is 0. The van der Waals surface area contributed by atoms with E-state index in [0.29, 0.717) is 31.2 Å². The number of morpholine rings is 1. The van der Waals surface area contributed by atoms with Crippen molar-refractivity contribution in [2.75, 3.05) is 26.3 Å². The van der Waals surface area contributed by atoms with Crippen LogP contribution in [0.15, 0.2) is 64.1 Å². The van der Waals surface area contributed by atoms with Crippen LogP contribution >= 0.6 is 0 Å². The van der Waals surface area contributed by atoms with E-state index in [-0.39, 0.29) is 0 Å². The van der Waals surface area contributed by atoms with Crippen molar-refractivity contribution in [2.24, 2.45) is 0 Å². The number of furan rings is 1. The third-order valence-electron chi connectivity index (χ3n) is 4.25. The van der Waals surface area contributed by atoms with Gasteiger partial charge < -0.3 is 9.15 Å². The molecule has 0 radical (unpaired) electrons. The summed E-state index contributed by atoms with van der Waals surface area (Å²) in [5, 5.41) is 1.03. The van der Waals surface area contributed by atoms with Gasteiger partial charge in [-0.15, -0.1) is 0 Å². The number of hydrogen-bond acceptors (Lipinski definition) is 4. The highest BCUT2D eigenvalue weighted by Crippen LogP contribution is 2.30. The maximum Gasteiger partial charge on any atom is 0.243 e. The van der Waals surface area contributed by atoms with Gasteiger partial charge in [-0.1, -0.05) is 30.3 Å². The summed E-state index contributed by atoms with van der Waals surface area (Å²) in [5.74, 6) is 0. The Hall–Kier alpha value is -2.15. The van der Waals surface area contributed by atoms with E-state index < -0.39 is 10.0 Å². The summed E-state index contributed by atoms with van der Waals surface area (Å²) in [6.45, 7) is 1.68. The lowest BCUT2D eigenvalue weighted by Crippen LogP contribution is -2.40. The zero-order chi connectivity index (χ0) is 16.6. The van der Waals surface area contributed by atoms with Gasteiger partial charge in [-0.3, -0.25) is 0 Å². The molecule has 3 aromatic rings. The van der Waals surface area contributed by atoms with Crippen molar-refractivity contribution in [3.05, 3.63) is 54.8 Å². The summed E-state index contributed by atoms with van der Waals surface area (Å²) in [6, 6.07) is 14.8. The number of nitrogens with zero attached hydrogens (tertiary/aromatic N) is 1. The van der Waals surface area contributed by atoms with Crippen molar-refractivity contribution < 1.29 is 17.6 Å². The Morgan fingerprint density at radius 1 is 0.917 bits per heavy atom. The highest BCUT2D eigenvalue weighted by atomic mass is 32.2. The first-order chi connectivity index (χ1) is 11.7. The summed E-state index contributed by atoms with van der Waals surface area (Å²) in [6.07, 6.45) is 1.66. The molecular formula is C18H17NO4S. The second-order valence-corrected chi connectivity index (χ2v) is 7.62. The maximum absolute atomic E-state index is 12.7. The predicted octanol–water partition coefficient (Wildman–Crippen LogP) is 3.12. The minimum absolute atomic E-state index is 0.305. The van der Waals surface area contributed by atoms with Crippen LogP contribution in [0.2, 0.25) is 0 Å². The van der Waals surface area contributed by atoms with Gasteiger partial charge in [-0.25, -0.2) is 8.42 Å². The Morgan fingerprint density at radius 3 is 2.42 bits per heavy atom. The van der Waals surface area contributed by atoms with Gasteiger partial charge in [-0.05, 0) is 23.8 Å². The Balaban J connectivity index is 1.69. The van der Waals surface area contributed by atoms with Crippen LogP contribution in [-0.4, -0.2) is 39.0 Å². The molecule has 0 N–H and O–H groups in total. The fourth-order valence-corrected chi connectivity index (χ4v) is 4.37. The van der Waals surface area contributed by atoms with Crippen molar-refractivity contribution in [2.45, 2.75) is 4.90 Å². The Kier molecular flexibility index (Phi) is 3.88. The first-order valence-electron chi connectivity index (χ1n) is 7.81. The molecule has 1 saturated heterocycles. The quantitative estimate of drug-likeness (QED) is 0.733. The first kappa shape index (κ1) is 15.4. The first-order valence-corrected chi connectivity index (χ1v) is 9.25. The molecule has 124 valence electrons. The van der Waals surface area contributed by atoms with E-state index in [1.807, 2.05) is 36.4 Å². The molecule has 0 saturated carbocycles. The van der Waals surface area contributed by atoms with Gasteiger partial charge >= 0.3 is 0 Å². The zero-order valence-corrected chi connectivity index (χ0v) is 13.8. The summed E-state index contributed by atoms with van der Waals surface area (Å²) in [4.78, 5) is 0.305. The third-order valence-corrected chi connectivity index (χ3v) is 6.16. The van der Waals surface area contributed by atoms with Gasteiger partial charge in [0.1, 0.15) is 5.58 Å². The highest BCUT2D eigenvalue weighted by molar-refractivity contribution is 7.89. The molecule has 0 unspecified atom stereocenters. The van der Waals surface area contributed by atoms with Gasteiger partial charge in [-0.2, -0.15) is 4.31 Å². The van der Waals surface area contributed by atoms with E-state index >= 15 is 0 Å². The van der Waals surface area contributed by atoms with Crippen LogP contribution in [0, 0.1) is 0 Å². The molecular weight excluding hydrogens is 326 g/mol. The van der Waals surface area contributed by atoms with E-state index in [0.717, 1.165) is 22.1 Å². The predicted molar refractivity (Wildman–Crippen MR) is 91.2 cm³/mol. The smallest absolute Gasteiger partial charge is 0.243 e. The molecule has 1 aliphatic rings. The van der Waals surface area contributed by atoms with Crippen LogP contribution < -0.4 is 0 Å². The minimum atomic E-state index is -3.46. The van der Waals surface area contributed by atoms with Crippen molar-refractivity contribution in [1.82, 2.24) is 4.31 Å². The van der Waals surface area contributed by atoms with Crippen molar-refractivity contribution in [3.8, 4) is 11.1 Å². The molecule has 4 rings (SSSR count). The highest BCUT2D eigenvalue weighted by Gasteiger charge is 2.26. The average molecular weight is 343 g/mol. The number of hydrogen-bond donors (Lipinski definition) is 0. The fraction of sp³-hybridized carbons (Fsp3) is 0.222. The van der Waals surface area contributed by atoms with E-state index in [1.54, 1.807) is 18.4 Å². The Labute approximate surface area is 140 Å². The van der Waals surface area contributed by atoms with Crippen LogP contribution in [0.5, 0.6) is 0 Å². The Bertz CT molecular complexity index is 954. The molecule has 5 nitrogen and oxygen atoms in total. The van der Waals surface area contributed by atoms with Crippen LogP contribution in [0.25, 0.3) is 22.1 Å². The van der Waals surface area contributed by atoms with Crippen LogP contribution in [0.3, 0.4) is 0 Å². The lowest BCUT2D eigenvalue weighted by molar-refractivity contribution is 0.0730. The van der Waals surface area contributed by atoms with Gasteiger partial charge in [0, 0.05) is 24.0 Å². The second kappa shape index (κ2) is 6.05. The summed E-state index contributed by atoms with van der Waals surface area (Å²) in [7, 11) is -3.46. The normalized spacial score (nSPS) is 16.5. The molecule has 1 fully saturated rings. The van der Waals surface area contributed by atoms with Crippen LogP contribution in [-0.2, 0) is 14.8 Å². The van der Waals surface area contributed by atoms with E-state index in [4.69, 9.17) is 9.15 Å². The van der Waals surface area contributed by atoms with Gasteiger partial charge in [0.2, 0.25) is 10.0 Å². The summed E-state index contributed by atoms with van der Waals surface area (Å²) in [5.41, 5.74) is 2.69. The fourth-order valence-electron chi connectivity index (χ4n) is 2.96. The second-order valence-electron chi connectivity index (χ2n) is 5.69. The van der Waals surface area contributed by atoms with Crippen LogP contribution in [0.1, 0.15) is 0 Å². The van der Waals surface area contributed by atoms with Gasteiger partial charge in [0.15, 0.2) is 0 Å². The molecule has 0 amide bonds. The van der Waals surface area contributed by atoms with E-state index in [9.17, 15) is 8.42 Å². The molecule has 1 aliphatic heterocycles. The maximum atomic E-state index is 12.7. The number of fused-ring (bicyclic) bond motifs is 1. The zero-order valence-electron chi connectivity index (χ0n) is 13.0. The summed E-state index contributed by atoms with van der Waals surface area (Å²) < 4.78 is 37.6. The third kappa shape index (κ3) is 2.62. The van der Waals surface area contributed by atoms with Crippen molar-refractivity contribution >= 4 is 21.0 Å². The monoisotopic (exact) mass is 343 g/mol. The molecule has 24 heavy (non-hydrogen) atoms. The Morgan fingerprint density at radius 2 is 1.67 bits per heavy atom. The number of para-hydroxylation sites is 1. The van der Waals surface area contributed by atoms with Crippen molar-refractivity contribution in [3.63, 3.8) is 0 Å². The minimum Gasteiger partial charge on any atom is -0.464 e. The molecule has 0 bridgehead atoms. The van der Waals surface area contributed by atoms with Gasteiger partial charge in [0.25, 0.3) is 0 Å².